The van der Waals surface area contributed by atoms with Crippen LogP contribution in [0, 0.1) is 0 Å². The maximum atomic E-state index is 13.3. The molecule has 3 rings (SSSR count). The number of anilines is 1. The van der Waals surface area contributed by atoms with Crippen molar-refractivity contribution in [2.24, 2.45) is 0 Å². The van der Waals surface area contributed by atoms with E-state index < -0.39 is 5.97 Å². The van der Waals surface area contributed by atoms with Gasteiger partial charge >= 0.3 is 5.97 Å². The highest BCUT2D eigenvalue weighted by Crippen LogP contribution is 2.41. The van der Waals surface area contributed by atoms with Crippen LogP contribution in [0.25, 0.3) is 0 Å². The van der Waals surface area contributed by atoms with Gasteiger partial charge in [-0.25, -0.2) is 4.79 Å². The van der Waals surface area contributed by atoms with E-state index in [-0.39, 0.29) is 12.0 Å². The molecule has 1 heterocycles. The number of amides is 1. The molecule has 8 heteroatoms. The van der Waals surface area contributed by atoms with Crippen molar-refractivity contribution in [3.05, 3.63) is 33.7 Å². The number of nitrogens with one attached hydrogen (secondary N) is 1. The average Bonchev–Trinajstić information content (AvgIpc) is 3.13. The highest BCUT2D eigenvalue weighted by molar-refractivity contribution is 7.17. The number of esters is 1. The lowest BCUT2D eigenvalue weighted by Gasteiger charge is -2.17. The molecule has 1 amide bonds. The molecule has 1 aliphatic carbocycles. The number of carbonyl (C=O) groups excluding carboxylic acids is 2. The molecule has 0 radical (unpaired) electrons. The van der Waals surface area contributed by atoms with Crippen molar-refractivity contribution >= 4 is 28.2 Å². The summed E-state index contributed by atoms with van der Waals surface area (Å²) >= 11 is 1.46. The number of ether oxygens (including phenoxy) is 4. The van der Waals surface area contributed by atoms with E-state index >= 15 is 0 Å². The van der Waals surface area contributed by atoms with Gasteiger partial charge in [-0.1, -0.05) is 0 Å². The van der Waals surface area contributed by atoms with Crippen LogP contribution < -0.4 is 19.5 Å². The molecule has 0 bridgehead atoms. The second-order valence-electron chi connectivity index (χ2n) is 7.92. The lowest BCUT2D eigenvalue weighted by molar-refractivity contribution is 0.0378. The van der Waals surface area contributed by atoms with Gasteiger partial charge in [-0.15, -0.1) is 11.3 Å². The third-order valence-electron chi connectivity index (χ3n) is 5.12. The van der Waals surface area contributed by atoms with Gasteiger partial charge in [0, 0.05) is 10.4 Å². The van der Waals surface area contributed by atoms with Crippen LogP contribution in [0.15, 0.2) is 12.1 Å². The molecule has 1 aliphatic rings. The number of benzene rings is 1. The lowest BCUT2D eigenvalue weighted by Crippen LogP contribution is -2.18. The van der Waals surface area contributed by atoms with Gasteiger partial charge in [-0.2, -0.15) is 0 Å². The van der Waals surface area contributed by atoms with Crippen LogP contribution in [0.2, 0.25) is 0 Å². The minimum absolute atomic E-state index is 0.242. The Kier molecular flexibility index (Phi) is 8.61. The number of thiophene rings is 1. The summed E-state index contributed by atoms with van der Waals surface area (Å²) in [7, 11) is 0. The molecular formula is C25H33NO6S. The minimum Gasteiger partial charge on any atom is -0.490 e. The second kappa shape index (κ2) is 11.4. The van der Waals surface area contributed by atoms with Crippen LogP contribution in [0.4, 0.5) is 5.00 Å². The molecule has 1 aromatic heterocycles. The number of hydrogen-bond acceptors (Lipinski definition) is 7. The first-order chi connectivity index (χ1) is 15.9. The van der Waals surface area contributed by atoms with E-state index in [0.717, 1.165) is 36.1 Å². The minimum atomic E-state index is -0.392. The Morgan fingerprint density at radius 2 is 1.58 bits per heavy atom. The maximum absolute atomic E-state index is 13.3. The monoisotopic (exact) mass is 475 g/mol. The Morgan fingerprint density at radius 1 is 0.970 bits per heavy atom. The average molecular weight is 476 g/mol. The Bertz CT molecular complexity index is 970. The Hall–Kier alpha value is -2.74. The van der Waals surface area contributed by atoms with E-state index in [1.807, 2.05) is 34.6 Å². The second-order valence-corrected chi connectivity index (χ2v) is 9.03. The van der Waals surface area contributed by atoms with Gasteiger partial charge in [-0.3, -0.25) is 4.79 Å². The number of hydrogen-bond donors (Lipinski definition) is 1. The van der Waals surface area contributed by atoms with Crippen molar-refractivity contribution in [1.29, 1.82) is 0 Å². The smallest absolute Gasteiger partial charge is 0.341 e. The van der Waals surface area contributed by atoms with E-state index in [1.165, 1.54) is 11.3 Å². The van der Waals surface area contributed by atoms with E-state index in [2.05, 4.69) is 5.32 Å². The van der Waals surface area contributed by atoms with Gasteiger partial charge in [0.15, 0.2) is 11.5 Å². The third kappa shape index (κ3) is 5.79. The zero-order valence-electron chi connectivity index (χ0n) is 20.0. The third-order valence-corrected chi connectivity index (χ3v) is 6.32. The molecule has 1 N–H and O–H groups in total. The first-order valence-electron chi connectivity index (χ1n) is 11.6. The summed E-state index contributed by atoms with van der Waals surface area (Å²) in [6.07, 6.45) is 3.58. The molecular weight excluding hydrogens is 442 g/mol. The molecule has 0 unspecified atom stereocenters. The molecule has 1 aromatic carbocycles. The van der Waals surface area contributed by atoms with Crippen LogP contribution in [-0.2, 0) is 17.6 Å². The van der Waals surface area contributed by atoms with Crippen LogP contribution in [0.1, 0.15) is 78.6 Å². The number of aryl methyl sites for hydroxylation is 1. The maximum Gasteiger partial charge on any atom is 0.341 e. The summed E-state index contributed by atoms with van der Waals surface area (Å²) in [5.74, 6) is 0.625. The Labute approximate surface area is 199 Å². The van der Waals surface area contributed by atoms with Crippen molar-refractivity contribution in [3.8, 4) is 17.2 Å². The van der Waals surface area contributed by atoms with Crippen molar-refractivity contribution in [2.45, 2.75) is 66.4 Å². The molecule has 0 aliphatic heterocycles. The van der Waals surface area contributed by atoms with Gasteiger partial charge in [0.2, 0.25) is 5.75 Å². The molecule has 0 atom stereocenters. The standard InChI is InChI=1S/C25H33NO6S/c1-6-29-18-13-16(14-19(30-7-2)22(18)31-8-3)23(27)26-24-21(25(28)32-15(4)5)17-11-9-10-12-20(17)33-24/h13-15H,6-12H2,1-5H3,(H,26,27). The molecule has 7 nitrogen and oxygen atoms in total. The molecule has 180 valence electrons. The topological polar surface area (TPSA) is 83.1 Å². The van der Waals surface area contributed by atoms with Gasteiger partial charge in [-0.05, 0) is 78.0 Å². The van der Waals surface area contributed by atoms with Gasteiger partial charge in [0.05, 0.1) is 31.5 Å². The molecule has 0 fully saturated rings. The van der Waals surface area contributed by atoms with Crippen LogP contribution >= 0.6 is 11.3 Å². The molecule has 0 saturated heterocycles. The first-order valence-corrected chi connectivity index (χ1v) is 12.4. The predicted molar refractivity (Wildman–Crippen MR) is 129 cm³/mol. The first kappa shape index (κ1) is 24.9. The zero-order valence-corrected chi connectivity index (χ0v) is 20.9. The fourth-order valence-corrected chi connectivity index (χ4v) is 5.11. The molecule has 0 spiro atoms. The van der Waals surface area contributed by atoms with Gasteiger partial charge < -0.3 is 24.3 Å². The molecule has 2 aromatic rings. The van der Waals surface area contributed by atoms with Crippen molar-refractivity contribution in [1.82, 2.24) is 0 Å². The summed E-state index contributed by atoms with van der Waals surface area (Å²) in [6.45, 7) is 10.5. The van der Waals surface area contributed by atoms with E-state index in [0.29, 0.717) is 53.2 Å². The number of carbonyl (C=O) groups is 2. The van der Waals surface area contributed by atoms with Crippen LogP contribution in [0.5, 0.6) is 17.2 Å². The van der Waals surface area contributed by atoms with Crippen LogP contribution in [0.3, 0.4) is 0 Å². The summed E-state index contributed by atoms with van der Waals surface area (Å²) in [4.78, 5) is 27.3. The van der Waals surface area contributed by atoms with Gasteiger partial charge in [0.25, 0.3) is 5.91 Å². The normalized spacial score (nSPS) is 12.8. The largest absolute Gasteiger partial charge is 0.490 e. The summed E-state index contributed by atoms with van der Waals surface area (Å²) in [5, 5.41) is 3.49. The summed E-state index contributed by atoms with van der Waals surface area (Å²) < 4.78 is 22.7. The fraction of sp³-hybridized carbons (Fsp3) is 0.520. The van der Waals surface area contributed by atoms with Gasteiger partial charge in [0.1, 0.15) is 5.00 Å². The van der Waals surface area contributed by atoms with Crippen LogP contribution in [-0.4, -0.2) is 37.8 Å². The van der Waals surface area contributed by atoms with E-state index in [1.54, 1.807) is 12.1 Å². The van der Waals surface area contributed by atoms with Crippen molar-refractivity contribution in [3.63, 3.8) is 0 Å². The highest BCUT2D eigenvalue weighted by atomic mass is 32.1. The SMILES string of the molecule is CCOc1cc(C(=O)Nc2sc3c(c2C(=O)OC(C)C)CCCC3)cc(OCC)c1OCC. The fourth-order valence-electron chi connectivity index (χ4n) is 3.84. The Balaban J connectivity index is 1.98. The number of rotatable bonds is 10. The lowest BCUT2D eigenvalue weighted by atomic mass is 9.95. The molecule has 33 heavy (non-hydrogen) atoms. The molecule has 0 saturated carbocycles. The van der Waals surface area contributed by atoms with E-state index in [4.69, 9.17) is 18.9 Å². The summed E-state index contributed by atoms with van der Waals surface area (Å²) in [5.41, 5.74) is 1.85. The predicted octanol–water partition coefficient (Wildman–Crippen LogP) is 5.64. The highest BCUT2D eigenvalue weighted by Gasteiger charge is 2.28. The summed E-state index contributed by atoms with van der Waals surface area (Å²) in [6, 6.07) is 3.29. The zero-order chi connectivity index (χ0) is 24.0. The van der Waals surface area contributed by atoms with Crippen molar-refractivity contribution < 1.29 is 28.5 Å². The number of fused-ring (bicyclic) bond motifs is 1. The van der Waals surface area contributed by atoms with Crippen molar-refractivity contribution in [2.75, 3.05) is 25.1 Å². The van der Waals surface area contributed by atoms with E-state index in [9.17, 15) is 9.59 Å². The Morgan fingerprint density at radius 3 is 2.15 bits per heavy atom. The quantitative estimate of drug-likeness (QED) is 0.448.